The van der Waals surface area contributed by atoms with E-state index in [9.17, 15) is 9.18 Å². The zero-order chi connectivity index (χ0) is 17.3. The van der Waals surface area contributed by atoms with Crippen LogP contribution in [0.3, 0.4) is 0 Å². The van der Waals surface area contributed by atoms with Crippen molar-refractivity contribution in [3.8, 4) is 5.75 Å². The van der Waals surface area contributed by atoms with Gasteiger partial charge in [0.05, 0.1) is 28.9 Å². The van der Waals surface area contributed by atoms with Gasteiger partial charge in [0, 0.05) is 11.8 Å². The number of hydrogen-bond acceptors (Lipinski definition) is 5. The molecular weight excluding hydrogens is 313 g/mol. The zero-order valence-corrected chi connectivity index (χ0v) is 13.5. The number of aryl methyl sites for hydroxylation is 2. The molecule has 0 atom stereocenters. The second kappa shape index (κ2) is 6.27. The van der Waals surface area contributed by atoms with Crippen molar-refractivity contribution in [1.82, 2.24) is 10.1 Å². The minimum Gasteiger partial charge on any atom is -0.492 e. The molecule has 0 aliphatic heterocycles. The molecule has 2 heterocycles. The van der Waals surface area contributed by atoms with E-state index in [0.29, 0.717) is 40.3 Å². The summed E-state index contributed by atoms with van der Waals surface area (Å²) in [7, 11) is 0. The van der Waals surface area contributed by atoms with Crippen molar-refractivity contribution < 1.29 is 18.4 Å². The first-order chi connectivity index (χ1) is 11.5. The van der Waals surface area contributed by atoms with Gasteiger partial charge >= 0.3 is 0 Å². The maximum Gasteiger partial charge on any atom is 0.258 e. The SMILES string of the molecule is CCOc1cc(F)ccc1NC(=O)c1cc(C)nc2onc(C)c12. The lowest BCUT2D eigenvalue weighted by Gasteiger charge is -2.12. The number of amides is 1. The summed E-state index contributed by atoms with van der Waals surface area (Å²) in [5.41, 5.74) is 2.30. The van der Waals surface area contributed by atoms with Crippen LogP contribution in [0.2, 0.25) is 0 Å². The van der Waals surface area contributed by atoms with E-state index in [-0.39, 0.29) is 11.7 Å². The van der Waals surface area contributed by atoms with Crippen LogP contribution in [0.25, 0.3) is 11.1 Å². The highest BCUT2D eigenvalue weighted by Crippen LogP contribution is 2.28. The molecule has 0 radical (unpaired) electrons. The molecule has 24 heavy (non-hydrogen) atoms. The van der Waals surface area contributed by atoms with Crippen LogP contribution in [0.1, 0.15) is 28.7 Å². The number of rotatable bonds is 4. The van der Waals surface area contributed by atoms with Gasteiger partial charge in [-0.1, -0.05) is 5.16 Å². The second-order valence-corrected chi connectivity index (χ2v) is 5.29. The lowest BCUT2D eigenvalue weighted by atomic mass is 10.1. The summed E-state index contributed by atoms with van der Waals surface area (Å²) in [6.45, 7) is 5.64. The van der Waals surface area contributed by atoms with Crippen LogP contribution in [0.5, 0.6) is 5.75 Å². The number of halogens is 1. The third-order valence-corrected chi connectivity index (χ3v) is 3.48. The molecule has 3 aromatic rings. The fraction of sp³-hybridized carbons (Fsp3) is 0.235. The van der Waals surface area contributed by atoms with Crippen LogP contribution in [0.4, 0.5) is 10.1 Å². The minimum atomic E-state index is -0.437. The molecule has 2 aromatic heterocycles. The van der Waals surface area contributed by atoms with Gasteiger partial charge in [0.25, 0.3) is 11.6 Å². The first-order valence-corrected chi connectivity index (χ1v) is 7.47. The first-order valence-electron chi connectivity index (χ1n) is 7.47. The molecule has 3 rings (SSSR count). The van der Waals surface area contributed by atoms with Crippen molar-refractivity contribution >= 4 is 22.7 Å². The van der Waals surface area contributed by atoms with Crippen LogP contribution in [0.15, 0.2) is 28.8 Å². The predicted molar refractivity (Wildman–Crippen MR) is 86.8 cm³/mol. The molecule has 0 saturated heterocycles. The van der Waals surface area contributed by atoms with Gasteiger partial charge in [-0.3, -0.25) is 4.79 Å². The van der Waals surface area contributed by atoms with Gasteiger partial charge in [0.15, 0.2) is 0 Å². The number of nitrogens with zero attached hydrogens (tertiary/aromatic N) is 2. The van der Waals surface area contributed by atoms with Crippen LogP contribution in [-0.4, -0.2) is 22.7 Å². The molecule has 1 aromatic carbocycles. The summed E-state index contributed by atoms with van der Waals surface area (Å²) < 4.78 is 23.9. The van der Waals surface area contributed by atoms with Crippen molar-refractivity contribution in [3.63, 3.8) is 0 Å². The Morgan fingerprint density at radius 1 is 1.33 bits per heavy atom. The van der Waals surface area contributed by atoms with E-state index in [2.05, 4.69) is 15.5 Å². The topological polar surface area (TPSA) is 77.2 Å². The average Bonchev–Trinajstić information content (AvgIpc) is 2.90. The Morgan fingerprint density at radius 2 is 2.12 bits per heavy atom. The van der Waals surface area contributed by atoms with Gasteiger partial charge in [-0.15, -0.1) is 0 Å². The molecule has 6 nitrogen and oxygen atoms in total. The highest BCUT2D eigenvalue weighted by atomic mass is 19.1. The van der Waals surface area contributed by atoms with Crippen molar-refractivity contribution in [2.75, 3.05) is 11.9 Å². The Kier molecular flexibility index (Phi) is 4.16. The lowest BCUT2D eigenvalue weighted by Crippen LogP contribution is -2.14. The Labute approximate surface area is 137 Å². The van der Waals surface area contributed by atoms with Crippen molar-refractivity contribution in [3.05, 3.63) is 47.0 Å². The molecule has 124 valence electrons. The number of anilines is 1. The molecule has 1 amide bonds. The fourth-order valence-electron chi connectivity index (χ4n) is 2.46. The molecule has 0 aliphatic rings. The molecule has 0 unspecified atom stereocenters. The van der Waals surface area contributed by atoms with Crippen LogP contribution < -0.4 is 10.1 Å². The van der Waals surface area contributed by atoms with Crippen LogP contribution in [0, 0.1) is 19.7 Å². The Balaban J connectivity index is 2.01. The third-order valence-electron chi connectivity index (χ3n) is 3.48. The molecule has 0 bridgehead atoms. The highest BCUT2D eigenvalue weighted by molar-refractivity contribution is 6.12. The molecule has 1 N–H and O–H groups in total. The number of aromatic nitrogens is 2. The zero-order valence-electron chi connectivity index (χ0n) is 13.5. The van der Waals surface area contributed by atoms with Crippen molar-refractivity contribution in [2.45, 2.75) is 20.8 Å². The molecule has 0 fully saturated rings. The van der Waals surface area contributed by atoms with Crippen LogP contribution >= 0.6 is 0 Å². The van der Waals surface area contributed by atoms with E-state index >= 15 is 0 Å². The smallest absolute Gasteiger partial charge is 0.258 e. The summed E-state index contributed by atoms with van der Waals surface area (Å²) in [5, 5.41) is 7.16. The third kappa shape index (κ3) is 2.92. The van der Waals surface area contributed by atoms with Gasteiger partial charge in [-0.2, -0.15) is 0 Å². The van der Waals surface area contributed by atoms with E-state index in [0.717, 1.165) is 0 Å². The standard InChI is InChI=1S/C17H16FN3O3/c1-4-23-14-8-11(18)5-6-13(14)20-16(22)12-7-9(2)19-17-15(12)10(3)21-24-17/h5-8H,4H2,1-3H3,(H,20,22). The number of hydrogen-bond donors (Lipinski definition) is 1. The number of carbonyl (C=O) groups excluding carboxylic acids is 1. The van der Waals surface area contributed by atoms with Crippen molar-refractivity contribution in [2.24, 2.45) is 0 Å². The normalized spacial score (nSPS) is 10.8. The van der Waals surface area contributed by atoms with E-state index in [1.54, 1.807) is 26.8 Å². The van der Waals surface area contributed by atoms with E-state index < -0.39 is 5.82 Å². The highest BCUT2D eigenvalue weighted by Gasteiger charge is 2.19. The molecule has 0 saturated carbocycles. The number of fused-ring (bicyclic) bond motifs is 1. The number of pyridine rings is 1. The molecule has 0 aliphatic carbocycles. The lowest BCUT2D eigenvalue weighted by molar-refractivity contribution is 0.102. The number of carbonyl (C=O) groups is 1. The Morgan fingerprint density at radius 3 is 2.88 bits per heavy atom. The van der Waals surface area contributed by atoms with Gasteiger partial charge in [0.2, 0.25) is 0 Å². The quantitative estimate of drug-likeness (QED) is 0.791. The number of ether oxygens (including phenoxy) is 1. The van der Waals surface area contributed by atoms with Crippen molar-refractivity contribution in [1.29, 1.82) is 0 Å². The summed E-state index contributed by atoms with van der Waals surface area (Å²) in [6, 6.07) is 5.61. The summed E-state index contributed by atoms with van der Waals surface area (Å²) in [4.78, 5) is 16.9. The molecule has 0 spiro atoms. The van der Waals surface area contributed by atoms with E-state index in [1.807, 2.05) is 0 Å². The summed E-state index contributed by atoms with van der Waals surface area (Å²) >= 11 is 0. The van der Waals surface area contributed by atoms with Gasteiger partial charge < -0.3 is 14.6 Å². The van der Waals surface area contributed by atoms with E-state index in [4.69, 9.17) is 9.26 Å². The van der Waals surface area contributed by atoms with Gasteiger partial charge in [0.1, 0.15) is 11.6 Å². The predicted octanol–water partition coefficient (Wildman–Crippen LogP) is 3.63. The fourth-order valence-corrected chi connectivity index (χ4v) is 2.46. The van der Waals surface area contributed by atoms with Gasteiger partial charge in [-0.25, -0.2) is 9.37 Å². The van der Waals surface area contributed by atoms with E-state index in [1.165, 1.54) is 18.2 Å². The molecule has 7 heteroatoms. The van der Waals surface area contributed by atoms with Crippen LogP contribution in [-0.2, 0) is 0 Å². The molecular formula is C17H16FN3O3. The first kappa shape index (κ1) is 15.9. The average molecular weight is 329 g/mol. The minimum absolute atomic E-state index is 0.273. The number of nitrogens with one attached hydrogen (secondary N) is 1. The maximum absolute atomic E-state index is 13.4. The Bertz CT molecular complexity index is 921. The summed E-state index contributed by atoms with van der Waals surface area (Å²) in [5.74, 6) is -0.534. The van der Waals surface area contributed by atoms with Gasteiger partial charge in [-0.05, 0) is 39.0 Å². The largest absolute Gasteiger partial charge is 0.492 e. The maximum atomic E-state index is 13.4. The summed E-state index contributed by atoms with van der Waals surface area (Å²) in [6.07, 6.45) is 0. The monoisotopic (exact) mass is 329 g/mol. The second-order valence-electron chi connectivity index (χ2n) is 5.29. The number of benzene rings is 1. The Hall–Kier alpha value is -2.96.